The Balaban J connectivity index is 2.48. The highest BCUT2D eigenvalue weighted by molar-refractivity contribution is 6.20. The van der Waals surface area contributed by atoms with Crippen LogP contribution < -0.4 is 0 Å². The number of imide groups is 1. The van der Waals surface area contributed by atoms with Gasteiger partial charge in [0.15, 0.2) is 0 Å². The minimum absolute atomic E-state index is 0.0745. The van der Waals surface area contributed by atoms with E-state index < -0.39 is 0 Å². The Kier molecular flexibility index (Phi) is 2.50. The fourth-order valence-corrected chi connectivity index (χ4v) is 1.81. The Bertz CT molecular complexity index is 468. The van der Waals surface area contributed by atoms with Gasteiger partial charge in [-0.25, -0.2) is 4.98 Å². The molecule has 0 N–H and O–H groups in total. The lowest BCUT2D eigenvalue weighted by Crippen LogP contribution is -2.37. The van der Waals surface area contributed by atoms with E-state index in [4.69, 9.17) is 0 Å². The molecule has 0 bridgehead atoms. The summed E-state index contributed by atoms with van der Waals surface area (Å²) in [5.41, 5.74) is 1.48. The van der Waals surface area contributed by atoms with Crippen molar-refractivity contribution in [3.63, 3.8) is 0 Å². The van der Waals surface area contributed by atoms with Gasteiger partial charge in [-0.1, -0.05) is 6.92 Å². The smallest absolute Gasteiger partial charge is 0.270 e. The van der Waals surface area contributed by atoms with Crippen molar-refractivity contribution < 1.29 is 9.59 Å². The Morgan fingerprint density at radius 2 is 2.00 bits per heavy atom. The maximum absolute atomic E-state index is 12.0. The zero-order valence-electron chi connectivity index (χ0n) is 9.65. The van der Waals surface area contributed by atoms with E-state index in [1.807, 2.05) is 20.8 Å². The first-order valence-corrected chi connectivity index (χ1v) is 5.41. The first-order valence-electron chi connectivity index (χ1n) is 5.41. The van der Waals surface area contributed by atoms with E-state index in [0.29, 0.717) is 11.3 Å². The summed E-state index contributed by atoms with van der Waals surface area (Å²) < 4.78 is 0. The highest BCUT2D eigenvalue weighted by Gasteiger charge is 2.39. The number of aromatic nitrogens is 1. The third-order valence-corrected chi connectivity index (χ3v) is 2.94. The van der Waals surface area contributed by atoms with Gasteiger partial charge < -0.3 is 0 Å². The molecule has 2 amide bonds. The Labute approximate surface area is 94.3 Å². The van der Waals surface area contributed by atoms with Crippen LogP contribution in [0.4, 0.5) is 0 Å². The molecule has 84 valence electrons. The zero-order valence-corrected chi connectivity index (χ0v) is 9.65. The van der Waals surface area contributed by atoms with Crippen molar-refractivity contribution >= 4 is 11.8 Å². The minimum atomic E-state index is -0.266. The summed E-state index contributed by atoms with van der Waals surface area (Å²) in [4.78, 5) is 29.4. The van der Waals surface area contributed by atoms with Crippen LogP contribution in [0.2, 0.25) is 0 Å². The van der Waals surface area contributed by atoms with E-state index in [-0.39, 0.29) is 17.9 Å². The lowest BCUT2D eigenvalue weighted by molar-refractivity contribution is 0.0591. The fourth-order valence-electron chi connectivity index (χ4n) is 1.81. The molecule has 1 aliphatic heterocycles. The lowest BCUT2D eigenvalue weighted by Gasteiger charge is -2.20. The largest absolute Gasteiger partial charge is 0.280 e. The predicted octanol–water partition coefficient (Wildman–Crippen LogP) is 1.78. The van der Waals surface area contributed by atoms with Crippen molar-refractivity contribution in [3.8, 4) is 0 Å². The van der Waals surface area contributed by atoms with Gasteiger partial charge in [-0.3, -0.25) is 14.5 Å². The second-order valence-corrected chi connectivity index (χ2v) is 4.09. The molecule has 0 fully saturated rings. The van der Waals surface area contributed by atoms with E-state index in [0.717, 1.165) is 12.1 Å². The molecule has 0 spiro atoms. The van der Waals surface area contributed by atoms with Gasteiger partial charge in [0.05, 0.1) is 5.56 Å². The Morgan fingerprint density at radius 1 is 1.31 bits per heavy atom. The molecule has 1 aromatic heterocycles. The van der Waals surface area contributed by atoms with Gasteiger partial charge in [0.25, 0.3) is 11.8 Å². The van der Waals surface area contributed by atoms with Crippen LogP contribution in [-0.4, -0.2) is 27.7 Å². The highest BCUT2D eigenvalue weighted by atomic mass is 16.2. The molecular formula is C12H14N2O2. The van der Waals surface area contributed by atoms with Crippen molar-refractivity contribution in [1.29, 1.82) is 0 Å². The number of carbonyl (C=O) groups excluding carboxylic acids is 2. The average Bonchev–Trinajstić information content (AvgIpc) is 2.51. The van der Waals surface area contributed by atoms with Gasteiger partial charge in [0.1, 0.15) is 5.69 Å². The number of aryl methyl sites for hydroxylation is 1. The monoisotopic (exact) mass is 218 g/mol. The summed E-state index contributed by atoms with van der Waals surface area (Å²) in [7, 11) is 0. The van der Waals surface area contributed by atoms with Crippen LogP contribution in [0.5, 0.6) is 0 Å². The van der Waals surface area contributed by atoms with Crippen LogP contribution in [0.15, 0.2) is 12.1 Å². The van der Waals surface area contributed by atoms with E-state index in [9.17, 15) is 9.59 Å². The van der Waals surface area contributed by atoms with Crippen LogP contribution in [0.3, 0.4) is 0 Å². The van der Waals surface area contributed by atoms with Crippen LogP contribution in [0.25, 0.3) is 0 Å². The highest BCUT2D eigenvalue weighted by Crippen LogP contribution is 2.24. The number of nitrogens with zero attached hydrogens (tertiary/aromatic N) is 2. The summed E-state index contributed by atoms with van der Waals surface area (Å²) in [6.07, 6.45) is 0.754. The fraction of sp³-hybridized carbons (Fsp3) is 0.417. The molecular weight excluding hydrogens is 204 g/mol. The number of hydrogen-bond acceptors (Lipinski definition) is 3. The van der Waals surface area contributed by atoms with Crippen LogP contribution in [-0.2, 0) is 0 Å². The molecule has 1 unspecified atom stereocenters. The van der Waals surface area contributed by atoms with Crippen LogP contribution in [0, 0.1) is 6.92 Å². The number of carbonyl (C=O) groups is 2. The standard InChI is InChI=1S/C12H14N2O2/c1-4-8(3)14-11(15)9-6-5-7(2)13-10(9)12(14)16/h5-6,8H,4H2,1-3H3. The number of hydrogen-bond donors (Lipinski definition) is 0. The van der Waals surface area contributed by atoms with Gasteiger partial charge >= 0.3 is 0 Å². The quantitative estimate of drug-likeness (QED) is 0.711. The normalized spacial score (nSPS) is 16.6. The number of fused-ring (bicyclic) bond motifs is 1. The topological polar surface area (TPSA) is 50.3 Å². The molecule has 1 aromatic rings. The first kappa shape index (κ1) is 10.8. The van der Waals surface area contributed by atoms with Gasteiger partial charge in [-0.2, -0.15) is 0 Å². The third kappa shape index (κ3) is 1.41. The van der Waals surface area contributed by atoms with Crippen LogP contribution >= 0.6 is 0 Å². The molecule has 4 heteroatoms. The molecule has 16 heavy (non-hydrogen) atoms. The van der Waals surface area contributed by atoms with Crippen molar-refractivity contribution in [2.24, 2.45) is 0 Å². The molecule has 1 aliphatic rings. The summed E-state index contributed by atoms with van der Waals surface area (Å²) in [5, 5.41) is 0. The molecule has 4 nitrogen and oxygen atoms in total. The molecule has 0 aromatic carbocycles. The van der Waals surface area contributed by atoms with Crippen molar-refractivity contribution in [2.75, 3.05) is 0 Å². The molecule has 0 saturated heterocycles. The minimum Gasteiger partial charge on any atom is -0.270 e. The van der Waals surface area contributed by atoms with E-state index in [1.54, 1.807) is 12.1 Å². The van der Waals surface area contributed by atoms with Crippen molar-refractivity contribution in [1.82, 2.24) is 9.88 Å². The van der Waals surface area contributed by atoms with Gasteiger partial charge in [-0.05, 0) is 32.4 Å². The third-order valence-electron chi connectivity index (χ3n) is 2.94. The summed E-state index contributed by atoms with van der Waals surface area (Å²) in [6.45, 7) is 5.63. The Morgan fingerprint density at radius 3 is 2.62 bits per heavy atom. The second kappa shape index (κ2) is 3.70. The first-order chi connectivity index (χ1) is 7.56. The van der Waals surface area contributed by atoms with E-state index in [2.05, 4.69) is 4.98 Å². The zero-order chi connectivity index (χ0) is 11.9. The lowest BCUT2D eigenvalue weighted by atomic mass is 10.2. The molecule has 2 heterocycles. The summed E-state index contributed by atoms with van der Waals surface area (Å²) >= 11 is 0. The van der Waals surface area contributed by atoms with Gasteiger partial charge in [-0.15, -0.1) is 0 Å². The SMILES string of the molecule is CCC(C)N1C(=O)c2ccc(C)nc2C1=O. The molecule has 0 radical (unpaired) electrons. The Hall–Kier alpha value is -1.71. The molecule has 0 saturated carbocycles. The van der Waals surface area contributed by atoms with Gasteiger partial charge in [0.2, 0.25) is 0 Å². The van der Waals surface area contributed by atoms with E-state index in [1.165, 1.54) is 4.90 Å². The second-order valence-electron chi connectivity index (χ2n) is 4.09. The maximum atomic E-state index is 12.0. The van der Waals surface area contributed by atoms with Crippen molar-refractivity contribution in [3.05, 3.63) is 29.1 Å². The number of rotatable bonds is 2. The molecule has 2 rings (SSSR count). The summed E-state index contributed by atoms with van der Waals surface area (Å²) in [5.74, 6) is -0.486. The van der Waals surface area contributed by atoms with Crippen LogP contribution in [0.1, 0.15) is 46.8 Å². The van der Waals surface area contributed by atoms with Gasteiger partial charge in [0, 0.05) is 11.7 Å². The number of pyridine rings is 1. The number of amides is 2. The maximum Gasteiger partial charge on any atom is 0.280 e. The predicted molar refractivity (Wildman–Crippen MR) is 59.2 cm³/mol. The van der Waals surface area contributed by atoms with E-state index >= 15 is 0 Å². The molecule has 0 aliphatic carbocycles. The summed E-state index contributed by atoms with van der Waals surface area (Å²) in [6, 6.07) is 3.36. The molecule has 1 atom stereocenters. The van der Waals surface area contributed by atoms with Crippen molar-refractivity contribution in [2.45, 2.75) is 33.2 Å². The average molecular weight is 218 g/mol.